The fourth-order valence-corrected chi connectivity index (χ4v) is 6.32. The number of nitrogens with two attached hydrogens (primary N) is 1. The molecule has 0 aliphatic carbocycles. The average Bonchev–Trinajstić information content (AvgIpc) is 3.46. The summed E-state index contributed by atoms with van der Waals surface area (Å²) in [6, 6.07) is 4.22. The summed E-state index contributed by atoms with van der Waals surface area (Å²) in [4.78, 5) is 23.9. The van der Waals surface area contributed by atoms with Gasteiger partial charge >= 0.3 is 0 Å². The summed E-state index contributed by atoms with van der Waals surface area (Å²) in [5.41, 5.74) is 8.80. The molecule has 2 bridgehead atoms. The molecule has 2 fully saturated rings. The molecule has 0 radical (unpaired) electrons. The molecule has 5 heterocycles. The molecule has 10 heteroatoms. The predicted molar refractivity (Wildman–Crippen MR) is 128 cm³/mol. The lowest BCUT2D eigenvalue weighted by atomic mass is 9.84. The van der Waals surface area contributed by atoms with E-state index in [4.69, 9.17) is 33.9 Å². The number of hydrogen-bond donors (Lipinski definition) is 2. The Morgan fingerprint density at radius 1 is 1.19 bits per heavy atom. The molecule has 2 aliphatic rings. The van der Waals surface area contributed by atoms with Crippen LogP contribution in [0.25, 0.3) is 33.1 Å². The first-order valence-electron chi connectivity index (χ1n) is 10.7. The Bertz CT molecular complexity index is 1480. The number of rotatable bonds is 2. The largest absolute Gasteiger partial charge is 0.345 e. The van der Waals surface area contributed by atoms with Crippen LogP contribution in [0.3, 0.4) is 0 Å². The first kappa shape index (κ1) is 20.1. The van der Waals surface area contributed by atoms with Gasteiger partial charge in [-0.25, -0.2) is 0 Å². The van der Waals surface area contributed by atoms with Gasteiger partial charge in [0.25, 0.3) is 5.56 Å². The van der Waals surface area contributed by atoms with E-state index < -0.39 is 0 Å². The van der Waals surface area contributed by atoms with Gasteiger partial charge < -0.3 is 15.6 Å². The Balaban J connectivity index is 1.55. The number of hydrogen-bond acceptors (Lipinski definition) is 5. The Morgan fingerprint density at radius 2 is 1.97 bits per heavy atom. The van der Waals surface area contributed by atoms with Crippen molar-refractivity contribution in [2.75, 3.05) is 4.90 Å². The lowest BCUT2D eigenvalue weighted by molar-refractivity contribution is 0.367. The van der Waals surface area contributed by atoms with Gasteiger partial charge in [-0.3, -0.25) is 14.0 Å². The SMILES string of the molecule is Cn1nc2ccc(-c3c[nH]c4nc(N5[C@H]6CC[C@@H]5[C@](C)(N)C6)n(C)c(=O)c34)c(Cl)c2c1Cl. The van der Waals surface area contributed by atoms with E-state index in [9.17, 15) is 4.79 Å². The summed E-state index contributed by atoms with van der Waals surface area (Å²) < 4.78 is 3.22. The van der Waals surface area contributed by atoms with Gasteiger partial charge in [-0.05, 0) is 32.3 Å². The Kier molecular flexibility index (Phi) is 4.08. The minimum Gasteiger partial charge on any atom is -0.345 e. The zero-order valence-corrected chi connectivity index (χ0v) is 19.5. The van der Waals surface area contributed by atoms with Crippen LogP contribution in [0.5, 0.6) is 0 Å². The second-order valence-corrected chi connectivity index (χ2v) is 10.0. The Labute approximate surface area is 193 Å². The summed E-state index contributed by atoms with van der Waals surface area (Å²) in [6.45, 7) is 2.09. The fourth-order valence-electron chi connectivity index (χ4n) is 5.69. The molecule has 3 aromatic heterocycles. The van der Waals surface area contributed by atoms with Crippen LogP contribution in [0.2, 0.25) is 10.2 Å². The minimum atomic E-state index is -0.275. The van der Waals surface area contributed by atoms with Crippen LogP contribution in [-0.2, 0) is 14.1 Å². The number of aromatic amines is 1. The van der Waals surface area contributed by atoms with E-state index >= 15 is 0 Å². The van der Waals surface area contributed by atoms with Gasteiger partial charge in [0.2, 0.25) is 5.95 Å². The van der Waals surface area contributed by atoms with Gasteiger partial charge in [0, 0.05) is 49.0 Å². The third kappa shape index (κ3) is 2.51. The third-order valence-electron chi connectivity index (χ3n) is 7.22. The molecule has 0 spiro atoms. The molecule has 166 valence electrons. The molecule has 0 amide bonds. The summed E-state index contributed by atoms with van der Waals surface area (Å²) in [5, 5.41) is 6.46. The molecular weight excluding hydrogens is 449 g/mol. The zero-order chi connectivity index (χ0) is 22.5. The number of anilines is 1. The number of aryl methyl sites for hydroxylation is 1. The maximum absolute atomic E-state index is 13.6. The van der Waals surface area contributed by atoms with Gasteiger partial charge in [0.1, 0.15) is 10.8 Å². The maximum Gasteiger partial charge on any atom is 0.264 e. The molecule has 32 heavy (non-hydrogen) atoms. The molecule has 3 N–H and O–H groups in total. The molecule has 2 saturated heterocycles. The van der Waals surface area contributed by atoms with Crippen LogP contribution in [0, 0.1) is 0 Å². The zero-order valence-electron chi connectivity index (χ0n) is 18.0. The molecule has 2 aliphatic heterocycles. The lowest BCUT2D eigenvalue weighted by Crippen LogP contribution is -2.49. The molecular formula is C22H23Cl2N7O. The van der Waals surface area contributed by atoms with Crippen LogP contribution in [0.1, 0.15) is 26.2 Å². The van der Waals surface area contributed by atoms with E-state index in [2.05, 4.69) is 21.9 Å². The van der Waals surface area contributed by atoms with Crippen molar-refractivity contribution in [1.29, 1.82) is 0 Å². The van der Waals surface area contributed by atoms with E-state index in [0.29, 0.717) is 55.2 Å². The normalized spacial score (nSPS) is 25.0. The second-order valence-electron chi connectivity index (χ2n) is 9.30. The van der Waals surface area contributed by atoms with Gasteiger partial charge in [0.15, 0.2) is 0 Å². The quantitative estimate of drug-likeness (QED) is 0.465. The van der Waals surface area contributed by atoms with Gasteiger partial charge in [0.05, 0.1) is 21.3 Å². The summed E-state index contributed by atoms with van der Waals surface area (Å²) in [6.07, 6.45) is 4.78. The third-order valence-corrected chi connectivity index (χ3v) is 8.04. The smallest absolute Gasteiger partial charge is 0.264 e. The summed E-state index contributed by atoms with van der Waals surface area (Å²) in [5.74, 6) is 0.662. The van der Waals surface area contributed by atoms with Crippen molar-refractivity contribution >= 4 is 51.1 Å². The van der Waals surface area contributed by atoms with Crippen LogP contribution in [-0.4, -0.2) is 41.9 Å². The molecule has 3 atom stereocenters. The highest BCUT2D eigenvalue weighted by molar-refractivity contribution is 6.43. The van der Waals surface area contributed by atoms with Crippen LogP contribution in [0.15, 0.2) is 23.1 Å². The number of nitrogens with zero attached hydrogens (tertiary/aromatic N) is 5. The van der Waals surface area contributed by atoms with Crippen LogP contribution >= 0.6 is 23.2 Å². The van der Waals surface area contributed by atoms with Crippen molar-refractivity contribution in [2.45, 2.75) is 43.8 Å². The number of benzene rings is 1. The monoisotopic (exact) mass is 471 g/mol. The standard InChI is InChI=1S/C22H23Cl2N7O/c1-22(25)8-10-4-7-14(22)31(10)21-27-19-15(20(32)29(21)2)12(9-26-19)11-5-6-13-16(17(11)23)18(24)30(3)28-13/h5-6,9-10,14,26H,4,7-8,25H2,1-3H3/t10-,14+,22+/m0/s1. The van der Waals surface area contributed by atoms with Gasteiger partial charge in [-0.15, -0.1) is 0 Å². The van der Waals surface area contributed by atoms with Crippen LogP contribution in [0.4, 0.5) is 5.95 Å². The van der Waals surface area contributed by atoms with E-state index in [1.807, 2.05) is 12.1 Å². The first-order valence-corrected chi connectivity index (χ1v) is 11.4. The van der Waals surface area contributed by atoms with Crippen molar-refractivity contribution in [1.82, 2.24) is 24.3 Å². The number of fused-ring (bicyclic) bond motifs is 4. The lowest BCUT2D eigenvalue weighted by Gasteiger charge is -2.30. The van der Waals surface area contributed by atoms with Gasteiger partial charge in [-0.2, -0.15) is 10.1 Å². The van der Waals surface area contributed by atoms with Crippen molar-refractivity contribution in [3.63, 3.8) is 0 Å². The highest BCUT2D eigenvalue weighted by atomic mass is 35.5. The van der Waals surface area contributed by atoms with Crippen molar-refractivity contribution in [2.24, 2.45) is 19.8 Å². The predicted octanol–water partition coefficient (Wildman–Crippen LogP) is 3.58. The number of halogens is 2. The number of nitrogens with one attached hydrogen (secondary N) is 1. The molecule has 4 aromatic rings. The molecule has 6 rings (SSSR count). The average molecular weight is 472 g/mol. The minimum absolute atomic E-state index is 0.125. The Morgan fingerprint density at radius 3 is 2.66 bits per heavy atom. The molecule has 0 saturated carbocycles. The van der Waals surface area contributed by atoms with E-state index in [1.165, 1.54) is 0 Å². The van der Waals surface area contributed by atoms with E-state index in [1.54, 1.807) is 29.5 Å². The number of H-pyrrole nitrogens is 1. The van der Waals surface area contributed by atoms with Crippen molar-refractivity contribution in [3.8, 4) is 11.1 Å². The maximum atomic E-state index is 13.6. The number of aromatic nitrogens is 5. The van der Waals surface area contributed by atoms with Crippen molar-refractivity contribution < 1.29 is 0 Å². The van der Waals surface area contributed by atoms with Gasteiger partial charge in [-0.1, -0.05) is 29.3 Å². The van der Waals surface area contributed by atoms with Crippen molar-refractivity contribution in [3.05, 3.63) is 38.9 Å². The molecule has 8 nitrogen and oxygen atoms in total. The van der Waals surface area contributed by atoms with E-state index in [0.717, 1.165) is 19.3 Å². The first-order chi connectivity index (χ1) is 15.2. The Hall–Kier alpha value is -2.55. The molecule has 1 aromatic carbocycles. The van der Waals surface area contributed by atoms with E-state index in [-0.39, 0.29) is 17.1 Å². The highest BCUT2D eigenvalue weighted by Crippen LogP contribution is 2.45. The second kappa shape index (κ2) is 6.50. The molecule has 0 unspecified atom stereocenters. The van der Waals surface area contributed by atoms with Crippen LogP contribution < -0.4 is 16.2 Å². The summed E-state index contributed by atoms with van der Waals surface area (Å²) in [7, 11) is 3.54. The topological polar surface area (TPSA) is 97.8 Å². The fraction of sp³-hybridized carbons (Fsp3) is 0.409. The highest BCUT2D eigenvalue weighted by Gasteiger charge is 2.52. The summed E-state index contributed by atoms with van der Waals surface area (Å²) >= 11 is 13.2.